The smallest absolute Gasteiger partial charge is 0.343 e. The summed E-state index contributed by atoms with van der Waals surface area (Å²) in [5, 5.41) is 13.6. The van der Waals surface area contributed by atoms with Gasteiger partial charge in [-0.2, -0.15) is 9.61 Å². The number of esters is 1. The van der Waals surface area contributed by atoms with Crippen LogP contribution in [0.3, 0.4) is 0 Å². The molecule has 1 N–H and O–H groups in total. The van der Waals surface area contributed by atoms with E-state index in [1.807, 2.05) is 6.92 Å². The van der Waals surface area contributed by atoms with Crippen LogP contribution in [-0.4, -0.2) is 32.3 Å². The molecule has 0 aliphatic carbocycles. The van der Waals surface area contributed by atoms with Gasteiger partial charge in [0.15, 0.2) is 5.65 Å². The molecule has 0 aromatic carbocycles. The summed E-state index contributed by atoms with van der Waals surface area (Å²) >= 11 is 0. The van der Waals surface area contributed by atoms with Gasteiger partial charge < -0.3 is 9.84 Å². The van der Waals surface area contributed by atoms with Crippen LogP contribution in [-0.2, 0) is 11.2 Å². The van der Waals surface area contributed by atoms with Crippen LogP contribution in [0.15, 0.2) is 12.3 Å². The lowest BCUT2D eigenvalue weighted by molar-refractivity contribution is 0.0528. The highest BCUT2D eigenvalue weighted by molar-refractivity contribution is 5.95. The molecular weight excluding hydrogens is 222 g/mol. The summed E-state index contributed by atoms with van der Waals surface area (Å²) in [6.07, 6.45) is 2.01. The van der Waals surface area contributed by atoms with Gasteiger partial charge in [0.1, 0.15) is 5.56 Å². The van der Waals surface area contributed by atoms with Gasteiger partial charge in [0.05, 0.1) is 12.8 Å². The first-order valence-electron chi connectivity index (χ1n) is 5.41. The van der Waals surface area contributed by atoms with E-state index in [1.165, 1.54) is 16.8 Å². The molecule has 0 aliphatic rings. The van der Waals surface area contributed by atoms with E-state index in [0.717, 1.165) is 0 Å². The standard InChI is InChI=1S/C11H13N3O3/c1-3-7-5-9(15)14-10(13-7)8(6-12-14)11(16)17-4-2/h5-6,15H,3-4H2,1-2H3. The molecule has 0 radical (unpaired) electrons. The summed E-state index contributed by atoms with van der Waals surface area (Å²) in [5.41, 5.74) is 1.28. The van der Waals surface area contributed by atoms with Gasteiger partial charge in [0.2, 0.25) is 5.88 Å². The average Bonchev–Trinajstić information content (AvgIpc) is 2.73. The molecule has 0 unspecified atom stereocenters. The molecule has 0 bridgehead atoms. The third-order valence-electron chi connectivity index (χ3n) is 2.36. The van der Waals surface area contributed by atoms with Crippen molar-refractivity contribution in [2.75, 3.05) is 6.61 Å². The van der Waals surface area contributed by atoms with Crippen LogP contribution in [0, 0.1) is 0 Å². The van der Waals surface area contributed by atoms with E-state index < -0.39 is 5.97 Å². The molecule has 0 aliphatic heterocycles. The Hall–Kier alpha value is -2.11. The molecule has 2 aromatic rings. The number of aryl methyl sites for hydroxylation is 1. The number of carbonyl (C=O) groups excluding carboxylic acids is 1. The zero-order valence-electron chi connectivity index (χ0n) is 9.67. The number of hydrogen-bond donors (Lipinski definition) is 1. The fourth-order valence-corrected chi connectivity index (χ4v) is 1.53. The monoisotopic (exact) mass is 235 g/mol. The molecule has 2 aromatic heterocycles. The Morgan fingerprint density at radius 1 is 1.53 bits per heavy atom. The third-order valence-corrected chi connectivity index (χ3v) is 2.36. The Morgan fingerprint density at radius 3 is 2.94 bits per heavy atom. The van der Waals surface area contributed by atoms with Gasteiger partial charge in [0.25, 0.3) is 0 Å². The lowest BCUT2D eigenvalue weighted by atomic mass is 10.3. The van der Waals surface area contributed by atoms with Crippen molar-refractivity contribution in [2.45, 2.75) is 20.3 Å². The van der Waals surface area contributed by atoms with Crippen LogP contribution >= 0.6 is 0 Å². The molecular formula is C11H13N3O3. The van der Waals surface area contributed by atoms with Crippen LogP contribution in [0.5, 0.6) is 5.88 Å². The van der Waals surface area contributed by atoms with Crippen molar-refractivity contribution in [1.82, 2.24) is 14.6 Å². The summed E-state index contributed by atoms with van der Waals surface area (Å²) in [4.78, 5) is 15.9. The van der Waals surface area contributed by atoms with Crippen LogP contribution in [0.1, 0.15) is 29.9 Å². The Labute approximate surface area is 97.9 Å². The molecule has 0 amide bonds. The van der Waals surface area contributed by atoms with Gasteiger partial charge in [-0.3, -0.25) is 0 Å². The number of aromatic hydroxyl groups is 1. The molecule has 6 heteroatoms. The number of fused-ring (bicyclic) bond motifs is 1. The molecule has 0 saturated heterocycles. The number of ether oxygens (including phenoxy) is 1. The maximum absolute atomic E-state index is 11.6. The van der Waals surface area contributed by atoms with Crippen molar-refractivity contribution in [2.24, 2.45) is 0 Å². The Kier molecular flexibility index (Phi) is 2.95. The van der Waals surface area contributed by atoms with E-state index in [4.69, 9.17) is 4.74 Å². The molecule has 2 rings (SSSR count). The summed E-state index contributed by atoms with van der Waals surface area (Å²) in [6.45, 7) is 3.93. The van der Waals surface area contributed by atoms with Crippen LogP contribution < -0.4 is 0 Å². The lowest BCUT2D eigenvalue weighted by Crippen LogP contribution is -2.05. The summed E-state index contributed by atoms with van der Waals surface area (Å²) < 4.78 is 6.11. The minimum Gasteiger partial charge on any atom is -0.493 e. The highest BCUT2D eigenvalue weighted by Crippen LogP contribution is 2.17. The van der Waals surface area contributed by atoms with Crippen molar-refractivity contribution in [3.05, 3.63) is 23.5 Å². The molecule has 0 spiro atoms. The van der Waals surface area contributed by atoms with Gasteiger partial charge in [-0.05, 0) is 13.3 Å². The average molecular weight is 235 g/mol. The van der Waals surface area contributed by atoms with Crippen LogP contribution in [0.2, 0.25) is 0 Å². The van der Waals surface area contributed by atoms with Crippen LogP contribution in [0.4, 0.5) is 0 Å². The number of nitrogens with zero attached hydrogens (tertiary/aromatic N) is 3. The number of carbonyl (C=O) groups is 1. The molecule has 17 heavy (non-hydrogen) atoms. The van der Waals surface area contributed by atoms with E-state index in [-0.39, 0.29) is 18.1 Å². The number of hydrogen-bond acceptors (Lipinski definition) is 5. The molecule has 0 atom stereocenters. The predicted octanol–water partition coefficient (Wildman–Crippen LogP) is 1.17. The SMILES string of the molecule is CCOC(=O)c1cnn2c(O)cc(CC)nc12. The first-order chi connectivity index (χ1) is 8.17. The van der Waals surface area contributed by atoms with Crippen molar-refractivity contribution in [1.29, 1.82) is 0 Å². The molecule has 6 nitrogen and oxygen atoms in total. The maximum Gasteiger partial charge on any atom is 0.343 e. The fraction of sp³-hybridized carbons (Fsp3) is 0.364. The predicted molar refractivity (Wildman–Crippen MR) is 60.0 cm³/mol. The highest BCUT2D eigenvalue weighted by Gasteiger charge is 2.17. The summed E-state index contributed by atoms with van der Waals surface area (Å²) in [5.74, 6) is -0.523. The largest absolute Gasteiger partial charge is 0.493 e. The third kappa shape index (κ3) is 1.93. The summed E-state index contributed by atoms with van der Waals surface area (Å²) in [6, 6.07) is 1.52. The fourth-order valence-electron chi connectivity index (χ4n) is 1.53. The van der Waals surface area contributed by atoms with Gasteiger partial charge in [-0.15, -0.1) is 0 Å². The van der Waals surface area contributed by atoms with E-state index >= 15 is 0 Å². The van der Waals surface area contributed by atoms with Gasteiger partial charge in [-0.25, -0.2) is 9.78 Å². The normalized spacial score (nSPS) is 10.7. The second-order valence-electron chi connectivity index (χ2n) is 3.47. The Balaban J connectivity index is 2.58. The van der Waals surface area contributed by atoms with E-state index in [9.17, 15) is 9.90 Å². The van der Waals surface area contributed by atoms with E-state index in [0.29, 0.717) is 17.8 Å². The highest BCUT2D eigenvalue weighted by atomic mass is 16.5. The number of rotatable bonds is 3. The summed E-state index contributed by atoms with van der Waals surface area (Å²) in [7, 11) is 0. The molecule has 2 heterocycles. The van der Waals surface area contributed by atoms with Crippen LogP contribution in [0.25, 0.3) is 5.65 Å². The number of aromatic nitrogens is 3. The maximum atomic E-state index is 11.6. The lowest BCUT2D eigenvalue weighted by Gasteiger charge is -2.02. The quantitative estimate of drug-likeness (QED) is 0.808. The van der Waals surface area contributed by atoms with Crippen molar-refractivity contribution in [3.63, 3.8) is 0 Å². The minimum atomic E-state index is -0.484. The first-order valence-corrected chi connectivity index (χ1v) is 5.41. The Bertz CT molecular complexity index is 562. The minimum absolute atomic E-state index is 0.0394. The second-order valence-corrected chi connectivity index (χ2v) is 3.47. The zero-order chi connectivity index (χ0) is 12.4. The van der Waals surface area contributed by atoms with E-state index in [2.05, 4.69) is 10.1 Å². The topological polar surface area (TPSA) is 76.7 Å². The van der Waals surface area contributed by atoms with Gasteiger partial charge in [0, 0.05) is 11.8 Å². The van der Waals surface area contributed by atoms with Crippen molar-refractivity contribution >= 4 is 11.6 Å². The molecule has 0 saturated carbocycles. The molecule has 0 fully saturated rings. The van der Waals surface area contributed by atoms with Crippen molar-refractivity contribution < 1.29 is 14.6 Å². The van der Waals surface area contributed by atoms with Crippen molar-refractivity contribution in [3.8, 4) is 5.88 Å². The Morgan fingerprint density at radius 2 is 2.29 bits per heavy atom. The van der Waals surface area contributed by atoms with Gasteiger partial charge >= 0.3 is 5.97 Å². The first kappa shape index (κ1) is 11.4. The second kappa shape index (κ2) is 4.40. The molecule has 90 valence electrons. The van der Waals surface area contributed by atoms with Gasteiger partial charge in [-0.1, -0.05) is 6.92 Å². The zero-order valence-corrected chi connectivity index (χ0v) is 9.67. The van der Waals surface area contributed by atoms with E-state index in [1.54, 1.807) is 6.92 Å².